The fraction of sp³-hybridized carbons (Fsp3) is 0.316. The number of rotatable bonds is 8. The molecule has 5 heteroatoms. The third-order valence-electron chi connectivity index (χ3n) is 3.23. The van der Waals surface area contributed by atoms with Gasteiger partial charge in [0.15, 0.2) is 0 Å². The SMILES string of the molecule is CCOc1ccc(OCC)c(NC(=O)CSc2ccc(C)cc2)c1. The summed E-state index contributed by atoms with van der Waals surface area (Å²) >= 11 is 1.51. The molecule has 0 radical (unpaired) electrons. The monoisotopic (exact) mass is 345 g/mol. The third-order valence-corrected chi connectivity index (χ3v) is 4.24. The molecule has 0 bridgehead atoms. The second-order valence-corrected chi connectivity index (χ2v) is 6.22. The lowest BCUT2D eigenvalue weighted by Gasteiger charge is -2.13. The number of amides is 1. The Bertz CT molecular complexity index is 671. The fourth-order valence-electron chi connectivity index (χ4n) is 2.11. The predicted molar refractivity (Wildman–Crippen MR) is 99.3 cm³/mol. The van der Waals surface area contributed by atoms with E-state index in [0.29, 0.717) is 36.2 Å². The van der Waals surface area contributed by atoms with Crippen LogP contribution in [-0.2, 0) is 4.79 Å². The van der Waals surface area contributed by atoms with Gasteiger partial charge in [0.1, 0.15) is 11.5 Å². The smallest absolute Gasteiger partial charge is 0.234 e. The van der Waals surface area contributed by atoms with Crippen LogP contribution < -0.4 is 14.8 Å². The maximum atomic E-state index is 12.3. The topological polar surface area (TPSA) is 47.6 Å². The lowest BCUT2D eigenvalue weighted by Crippen LogP contribution is -2.15. The Morgan fingerprint density at radius 1 is 1.04 bits per heavy atom. The lowest BCUT2D eigenvalue weighted by atomic mass is 10.2. The van der Waals surface area contributed by atoms with Gasteiger partial charge < -0.3 is 14.8 Å². The molecule has 1 amide bonds. The van der Waals surface area contributed by atoms with E-state index in [0.717, 1.165) is 4.90 Å². The molecule has 0 aliphatic rings. The van der Waals surface area contributed by atoms with E-state index in [1.54, 1.807) is 6.07 Å². The minimum atomic E-state index is -0.0739. The standard InChI is InChI=1S/C19H23NO3S/c1-4-22-15-8-11-18(23-5-2)17(12-15)20-19(21)13-24-16-9-6-14(3)7-10-16/h6-12H,4-5,13H2,1-3H3,(H,20,21). The van der Waals surface area contributed by atoms with E-state index in [4.69, 9.17) is 9.47 Å². The Balaban J connectivity index is 2.00. The summed E-state index contributed by atoms with van der Waals surface area (Å²) in [7, 11) is 0. The molecule has 2 aromatic rings. The Morgan fingerprint density at radius 3 is 2.42 bits per heavy atom. The molecule has 0 saturated carbocycles. The molecule has 0 heterocycles. The van der Waals surface area contributed by atoms with Gasteiger partial charge in [-0.15, -0.1) is 11.8 Å². The number of ether oxygens (including phenoxy) is 2. The molecule has 1 N–H and O–H groups in total. The molecule has 0 saturated heterocycles. The van der Waals surface area contributed by atoms with Crippen LogP contribution >= 0.6 is 11.8 Å². The number of hydrogen-bond acceptors (Lipinski definition) is 4. The van der Waals surface area contributed by atoms with Gasteiger partial charge in [-0.1, -0.05) is 17.7 Å². The van der Waals surface area contributed by atoms with Crippen LogP contribution in [-0.4, -0.2) is 24.9 Å². The van der Waals surface area contributed by atoms with Gasteiger partial charge in [-0.2, -0.15) is 0 Å². The number of carbonyl (C=O) groups excluding carboxylic acids is 1. The van der Waals surface area contributed by atoms with Crippen LogP contribution in [0.1, 0.15) is 19.4 Å². The molecule has 4 nitrogen and oxygen atoms in total. The summed E-state index contributed by atoms with van der Waals surface area (Å²) in [5, 5.41) is 2.91. The number of nitrogens with one attached hydrogen (secondary N) is 1. The summed E-state index contributed by atoms with van der Waals surface area (Å²) in [6, 6.07) is 13.6. The molecule has 0 fully saturated rings. The van der Waals surface area contributed by atoms with Gasteiger partial charge in [0.2, 0.25) is 5.91 Å². The van der Waals surface area contributed by atoms with Crippen molar-refractivity contribution in [1.82, 2.24) is 0 Å². The first-order valence-corrected chi connectivity index (χ1v) is 9.00. The minimum Gasteiger partial charge on any atom is -0.494 e. The molecule has 24 heavy (non-hydrogen) atoms. The van der Waals surface area contributed by atoms with Gasteiger partial charge in [-0.3, -0.25) is 4.79 Å². The van der Waals surface area contributed by atoms with Crippen molar-refractivity contribution in [3.8, 4) is 11.5 Å². The molecule has 2 aromatic carbocycles. The van der Waals surface area contributed by atoms with Gasteiger partial charge in [-0.25, -0.2) is 0 Å². The number of carbonyl (C=O) groups is 1. The number of anilines is 1. The highest BCUT2D eigenvalue weighted by atomic mass is 32.2. The van der Waals surface area contributed by atoms with Crippen LogP contribution in [0.5, 0.6) is 11.5 Å². The minimum absolute atomic E-state index is 0.0739. The van der Waals surface area contributed by atoms with E-state index in [1.807, 2.05) is 57.2 Å². The number of benzene rings is 2. The zero-order valence-electron chi connectivity index (χ0n) is 14.3. The molecule has 0 spiro atoms. The average Bonchev–Trinajstić information content (AvgIpc) is 2.57. The normalized spacial score (nSPS) is 10.3. The van der Waals surface area contributed by atoms with Crippen molar-refractivity contribution in [3.63, 3.8) is 0 Å². The van der Waals surface area contributed by atoms with E-state index in [9.17, 15) is 4.79 Å². The summed E-state index contributed by atoms with van der Waals surface area (Å²) in [5.41, 5.74) is 1.84. The highest BCUT2D eigenvalue weighted by Gasteiger charge is 2.10. The number of hydrogen-bond donors (Lipinski definition) is 1. The van der Waals surface area contributed by atoms with Crippen LogP contribution in [0.25, 0.3) is 0 Å². The van der Waals surface area contributed by atoms with Gasteiger partial charge >= 0.3 is 0 Å². The van der Waals surface area contributed by atoms with Crippen LogP contribution in [0.15, 0.2) is 47.4 Å². The van der Waals surface area contributed by atoms with Crippen molar-refractivity contribution in [2.45, 2.75) is 25.7 Å². The largest absolute Gasteiger partial charge is 0.494 e. The lowest BCUT2D eigenvalue weighted by molar-refractivity contribution is -0.113. The second kappa shape index (κ2) is 9.23. The Labute approximate surface area is 147 Å². The average molecular weight is 345 g/mol. The predicted octanol–water partition coefficient (Wildman–Crippen LogP) is 4.52. The number of aryl methyl sites for hydroxylation is 1. The molecule has 0 unspecified atom stereocenters. The molecule has 0 aliphatic heterocycles. The van der Waals surface area contributed by atoms with Gasteiger partial charge in [0.25, 0.3) is 0 Å². The van der Waals surface area contributed by atoms with E-state index in [-0.39, 0.29) is 5.91 Å². The summed E-state index contributed by atoms with van der Waals surface area (Å²) in [5.74, 6) is 1.63. The Hall–Kier alpha value is -2.14. The van der Waals surface area contributed by atoms with Crippen molar-refractivity contribution in [2.24, 2.45) is 0 Å². The number of thioether (sulfide) groups is 1. The highest BCUT2D eigenvalue weighted by molar-refractivity contribution is 8.00. The fourth-order valence-corrected chi connectivity index (χ4v) is 2.81. The van der Waals surface area contributed by atoms with Crippen molar-refractivity contribution in [2.75, 3.05) is 24.3 Å². The van der Waals surface area contributed by atoms with Crippen LogP contribution in [0.2, 0.25) is 0 Å². The molecule has 0 atom stereocenters. The molecular weight excluding hydrogens is 322 g/mol. The molecular formula is C19H23NO3S. The van der Waals surface area contributed by atoms with Crippen molar-refractivity contribution in [3.05, 3.63) is 48.0 Å². The maximum absolute atomic E-state index is 12.3. The Morgan fingerprint density at radius 2 is 1.75 bits per heavy atom. The quantitative estimate of drug-likeness (QED) is 0.715. The van der Waals surface area contributed by atoms with Gasteiger partial charge in [0.05, 0.1) is 24.7 Å². The van der Waals surface area contributed by atoms with Crippen molar-refractivity contribution in [1.29, 1.82) is 0 Å². The van der Waals surface area contributed by atoms with E-state index in [2.05, 4.69) is 5.32 Å². The molecule has 0 aliphatic carbocycles. The van der Waals surface area contributed by atoms with E-state index in [1.165, 1.54) is 17.3 Å². The van der Waals surface area contributed by atoms with Crippen LogP contribution in [0.4, 0.5) is 5.69 Å². The maximum Gasteiger partial charge on any atom is 0.234 e. The van der Waals surface area contributed by atoms with Crippen molar-refractivity contribution >= 4 is 23.4 Å². The summed E-state index contributed by atoms with van der Waals surface area (Å²) in [4.78, 5) is 13.3. The Kier molecular flexibility index (Phi) is 7.00. The molecule has 128 valence electrons. The van der Waals surface area contributed by atoms with E-state index >= 15 is 0 Å². The first kappa shape index (κ1) is 18.2. The van der Waals surface area contributed by atoms with Crippen molar-refractivity contribution < 1.29 is 14.3 Å². The summed E-state index contributed by atoms with van der Waals surface area (Å²) < 4.78 is 11.1. The summed E-state index contributed by atoms with van der Waals surface area (Å²) in [6.45, 7) is 6.99. The second-order valence-electron chi connectivity index (χ2n) is 5.17. The van der Waals surface area contributed by atoms with E-state index < -0.39 is 0 Å². The van der Waals surface area contributed by atoms with Crippen LogP contribution in [0.3, 0.4) is 0 Å². The highest BCUT2D eigenvalue weighted by Crippen LogP contribution is 2.30. The zero-order chi connectivity index (χ0) is 17.4. The molecule has 2 rings (SSSR count). The zero-order valence-corrected chi connectivity index (χ0v) is 15.1. The van der Waals surface area contributed by atoms with Crippen LogP contribution in [0, 0.1) is 6.92 Å². The first-order chi connectivity index (χ1) is 11.6. The first-order valence-electron chi connectivity index (χ1n) is 8.01. The molecule has 0 aromatic heterocycles. The van der Waals surface area contributed by atoms with Gasteiger partial charge in [0, 0.05) is 11.0 Å². The van der Waals surface area contributed by atoms with Gasteiger partial charge in [-0.05, 0) is 45.0 Å². The summed E-state index contributed by atoms with van der Waals surface area (Å²) in [6.07, 6.45) is 0. The third kappa shape index (κ3) is 5.49.